The number of sulfone groups is 1. The minimum Gasteiger partial charge on any atom is -0.409 e. The molecule has 0 spiro atoms. The van der Waals surface area contributed by atoms with Gasteiger partial charge in [-0.3, -0.25) is 0 Å². The highest BCUT2D eigenvalue weighted by molar-refractivity contribution is 7.90. The van der Waals surface area contributed by atoms with E-state index in [0.29, 0.717) is 0 Å². The molecule has 0 aliphatic carbocycles. The lowest BCUT2D eigenvalue weighted by molar-refractivity contribution is 0.318. The monoisotopic (exact) mass is 282 g/mol. The lowest BCUT2D eigenvalue weighted by Gasteiger charge is -2.04. The third-order valence-corrected chi connectivity index (χ3v) is 3.36. The molecular formula is C9H10N6O3S. The van der Waals surface area contributed by atoms with Crippen LogP contribution in [0, 0.1) is 0 Å². The van der Waals surface area contributed by atoms with Crippen LogP contribution >= 0.6 is 0 Å². The first-order valence-corrected chi connectivity index (χ1v) is 6.87. The highest BCUT2D eigenvalue weighted by atomic mass is 32.2. The van der Waals surface area contributed by atoms with Gasteiger partial charge in [0.15, 0.2) is 21.5 Å². The maximum absolute atomic E-state index is 11.4. The smallest absolute Gasteiger partial charge is 0.186 e. The van der Waals surface area contributed by atoms with Crippen LogP contribution in [0.3, 0.4) is 0 Å². The van der Waals surface area contributed by atoms with Gasteiger partial charge in [-0.1, -0.05) is 5.16 Å². The van der Waals surface area contributed by atoms with Crippen LogP contribution in [0.4, 0.5) is 0 Å². The summed E-state index contributed by atoms with van der Waals surface area (Å²) in [5.74, 6) is -0.0194. The Labute approximate surface area is 108 Å². The Bertz CT molecular complexity index is 736. The van der Waals surface area contributed by atoms with Gasteiger partial charge < -0.3 is 10.9 Å². The molecule has 2 aromatic rings. The van der Waals surface area contributed by atoms with Gasteiger partial charge in [0.05, 0.1) is 24.2 Å². The molecule has 0 aliphatic rings. The third kappa shape index (κ3) is 2.52. The number of rotatable bonds is 3. The van der Waals surface area contributed by atoms with Crippen LogP contribution in [-0.2, 0) is 9.84 Å². The van der Waals surface area contributed by atoms with E-state index in [1.54, 1.807) is 0 Å². The molecule has 0 fully saturated rings. The minimum atomic E-state index is -3.37. The highest BCUT2D eigenvalue weighted by Crippen LogP contribution is 2.13. The molecule has 2 aromatic heterocycles. The molecule has 9 nitrogen and oxygen atoms in total. The predicted octanol–water partition coefficient (Wildman–Crippen LogP) is -0.840. The summed E-state index contributed by atoms with van der Waals surface area (Å²) in [6.07, 6.45) is 4.88. The van der Waals surface area contributed by atoms with Crippen LogP contribution < -0.4 is 5.73 Å². The third-order valence-electron chi connectivity index (χ3n) is 2.29. The molecule has 0 aromatic carbocycles. The first kappa shape index (κ1) is 13.0. The molecule has 0 amide bonds. The Morgan fingerprint density at radius 2 is 2.26 bits per heavy atom. The Morgan fingerprint density at radius 3 is 2.84 bits per heavy atom. The zero-order valence-electron chi connectivity index (χ0n) is 9.79. The van der Waals surface area contributed by atoms with Crippen molar-refractivity contribution in [1.82, 2.24) is 20.0 Å². The second-order valence-corrected chi connectivity index (χ2v) is 5.66. The van der Waals surface area contributed by atoms with E-state index in [0.717, 1.165) is 6.26 Å². The average molecular weight is 282 g/mol. The standard InChI is InChI=1S/C9H10N6O3S/c1-19(17,18)6-4-12-15(5-6)9-7(8(10)14-16)2-3-11-13-9/h2-5,16H,1H3,(H2,10,14). The molecular weight excluding hydrogens is 272 g/mol. The van der Waals surface area contributed by atoms with Crippen LogP contribution in [0.5, 0.6) is 0 Å². The van der Waals surface area contributed by atoms with Gasteiger partial charge in [0.2, 0.25) is 0 Å². The molecule has 0 saturated heterocycles. The molecule has 10 heteroatoms. The predicted molar refractivity (Wildman–Crippen MR) is 64.8 cm³/mol. The fourth-order valence-corrected chi connectivity index (χ4v) is 1.89. The number of hydrogen-bond donors (Lipinski definition) is 2. The minimum absolute atomic E-state index is 0.0311. The molecule has 100 valence electrons. The van der Waals surface area contributed by atoms with Crippen molar-refractivity contribution in [3.8, 4) is 5.82 Å². The number of hydrogen-bond acceptors (Lipinski definition) is 7. The van der Waals surface area contributed by atoms with E-state index >= 15 is 0 Å². The molecule has 2 rings (SSSR count). The summed E-state index contributed by atoms with van der Waals surface area (Å²) in [4.78, 5) is 0.0311. The molecule has 2 heterocycles. The van der Waals surface area contributed by atoms with E-state index in [1.807, 2.05) is 0 Å². The molecule has 0 saturated carbocycles. The van der Waals surface area contributed by atoms with Crippen molar-refractivity contribution in [3.63, 3.8) is 0 Å². The highest BCUT2D eigenvalue weighted by Gasteiger charge is 2.15. The fraction of sp³-hybridized carbons (Fsp3) is 0.111. The quantitative estimate of drug-likeness (QED) is 0.324. The first-order valence-electron chi connectivity index (χ1n) is 4.98. The number of amidine groups is 1. The Kier molecular flexibility index (Phi) is 3.17. The van der Waals surface area contributed by atoms with E-state index in [2.05, 4.69) is 20.5 Å². The topological polar surface area (TPSA) is 136 Å². The average Bonchev–Trinajstić information content (AvgIpc) is 2.87. The molecule has 0 radical (unpaired) electrons. The first-order chi connectivity index (χ1) is 8.93. The number of nitrogens with two attached hydrogens (primary N) is 1. The Hall–Kier alpha value is -2.49. The number of nitrogens with zero attached hydrogens (tertiary/aromatic N) is 5. The molecule has 0 aliphatic heterocycles. The molecule has 0 bridgehead atoms. The largest absolute Gasteiger partial charge is 0.409 e. The van der Waals surface area contributed by atoms with Gasteiger partial charge in [-0.15, -0.1) is 5.10 Å². The van der Waals surface area contributed by atoms with Crippen LogP contribution in [0.1, 0.15) is 5.56 Å². The van der Waals surface area contributed by atoms with E-state index in [-0.39, 0.29) is 22.1 Å². The van der Waals surface area contributed by atoms with Gasteiger partial charge in [0.1, 0.15) is 4.90 Å². The lowest BCUT2D eigenvalue weighted by atomic mass is 10.2. The van der Waals surface area contributed by atoms with Crippen LogP contribution in [0.15, 0.2) is 34.7 Å². The summed E-state index contributed by atoms with van der Waals surface area (Å²) in [5, 5.41) is 22.9. The molecule has 0 atom stereocenters. The van der Waals surface area contributed by atoms with Crippen molar-refractivity contribution >= 4 is 15.7 Å². The van der Waals surface area contributed by atoms with Gasteiger partial charge >= 0.3 is 0 Å². The van der Waals surface area contributed by atoms with Crippen molar-refractivity contribution in [2.45, 2.75) is 4.90 Å². The van der Waals surface area contributed by atoms with Crippen LogP contribution in [-0.4, -0.2) is 45.7 Å². The van der Waals surface area contributed by atoms with Gasteiger partial charge in [-0.05, 0) is 6.07 Å². The molecule has 3 N–H and O–H groups in total. The lowest BCUT2D eigenvalue weighted by Crippen LogP contribution is -2.18. The van der Waals surface area contributed by atoms with E-state index in [4.69, 9.17) is 10.9 Å². The van der Waals surface area contributed by atoms with Crippen molar-refractivity contribution in [2.75, 3.05) is 6.26 Å². The van der Waals surface area contributed by atoms with Gasteiger partial charge in [-0.2, -0.15) is 10.2 Å². The molecule has 19 heavy (non-hydrogen) atoms. The van der Waals surface area contributed by atoms with Crippen molar-refractivity contribution in [2.24, 2.45) is 10.9 Å². The van der Waals surface area contributed by atoms with Crippen LogP contribution in [0.25, 0.3) is 5.82 Å². The molecule has 0 unspecified atom stereocenters. The van der Waals surface area contributed by atoms with Crippen LogP contribution in [0.2, 0.25) is 0 Å². The summed E-state index contributed by atoms with van der Waals surface area (Å²) >= 11 is 0. The Morgan fingerprint density at radius 1 is 1.53 bits per heavy atom. The summed E-state index contributed by atoms with van der Waals surface area (Å²) in [6, 6.07) is 1.47. The van der Waals surface area contributed by atoms with E-state index in [9.17, 15) is 8.42 Å². The van der Waals surface area contributed by atoms with Crippen molar-refractivity contribution in [3.05, 3.63) is 30.2 Å². The maximum Gasteiger partial charge on any atom is 0.186 e. The van der Waals surface area contributed by atoms with Gasteiger partial charge in [-0.25, -0.2) is 13.1 Å². The second kappa shape index (κ2) is 4.65. The van der Waals surface area contributed by atoms with E-state index in [1.165, 1.54) is 29.3 Å². The Balaban J connectivity index is 2.57. The van der Waals surface area contributed by atoms with Gasteiger partial charge in [0, 0.05) is 6.26 Å². The van der Waals surface area contributed by atoms with E-state index < -0.39 is 9.84 Å². The summed E-state index contributed by atoms with van der Waals surface area (Å²) in [7, 11) is -3.37. The zero-order chi connectivity index (χ0) is 14.0. The number of oxime groups is 1. The number of aromatic nitrogens is 4. The zero-order valence-corrected chi connectivity index (χ0v) is 10.6. The normalized spacial score (nSPS) is 12.6. The second-order valence-electron chi connectivity index (χ2n) is 3.65. The SMILES string of the molecule is CS(=O)(=O)c1cnn(-c2nnccc2/C(N)=N/O)c1. The summed E-state index contributed by atoms with van der Waals surface area (Å²) in [6.45, 7) is 0. The summed E-state index contributed by atoms with van der Waals surface area (Å²) < 4.78 is 23.9. The van der Waals surface area contributed by atoms with Crippen molar-refractivity contribution in [1.29, 1.82) is 0 Å². The maximum atomic E-state index is 11.4. The van der Waals surface area contributed by atoms with Crippen molar-refractivity contribution < 1.29 is 13.6 Å². The fourth-order valence-electron chi connectivity index (χ4n) is 1.36. The summed E-state index contributed by atoms with van der Waals surface area (Å²) in [5.41, 5.74) is 5.78. The van der Waals surface area contributed by atoms with Gasteiger partial charge in [0.25, 0.3) is 0 Å².